The molecule has 0 spiro atoms. The smallest absolute Gasteiger partial charge is 0.191 e. The van der Waals surface area contributed by atoms with Crippen LogP contribution in [0.2, 0.25) is 0 Å². The van der Waals surface area contributed by atoms with Gasteiger partial charge in [-0.05, 0) is 34.1 Å². The summed E-state index contributed by atoms with van der Waals surface area (Å²) in [5.41, 5.74) is 0. The Labute approximate surface area is 135 Å². The molecule has 116 valence electrons. The van der Waals surface area contributed by atoms with E-state index >= 15 is 0 Å². The third kappa shape index (κ3) is 8.67. The van der Waals surface area contributed by atoms with E-state index in [0.717, 1.165) is 19.5 Å². The number of halogens is 1. The van der Waals surface area contributed by atoms with E-state index in [0.29, 0.717) is 12.5 Å². The van der Waals surface area contributed by atoms with Crippen molar-refractivity contribution in [1.29, 1.82) is 0 Å². The summed E-state index contributed by atoms with van der Waals surface area (Å²) < 4.78 is 23.1. The fourth-order valence-electron chi connectivity index (χ4n) is 1.18. The quantitative estimate of drug-likeness (QED) is 0.402. The largest absolute Gasteiger partial charge is 0.357 e. The van der Waals surface area contributed by atoms with Crippen LogP contribution in [-0.4, -0.2) is 44.5 Å². The number of nitrogens with zero attached hydrogens (tertiary/aromatic N) is 1. The van der Waals surface area contributed by atoms with E-state index in [-0.39, 0.29) is 29.7 Å². The molecule has 7 heteroatoms. The molecule has 0 aliphatic heterocycles. The Morgan fingerprint density at radius 2 is 1.74 bits per heavy atom. The topological polar surface area (TPSA) is 70.6 Å². The summed E-state index contributed by atoms with van der Waals surface area (Å²) in [6.45, 7) is 11.1. The van der Waals surface area contributed by atoms with Crippen LogP contribution < -0.4 is 10.6 Å². The molecule has 5 nitrogen and oxygen atoms in total. The van der Waals surface area contributed by atoms with Crippen LogP contribution in [0.25, 0.3) is 0 Å². The summed E-state index contributed by atoms with van der Waals surface area (Å²) in [4.78, 5) is 4.31. The number of rotatable bonds is 6. The summed E-state index contributed by atoms with van der Waals surface area (Å²) in [6.07, 6.45) is 0.969. The average Bonchev–Trinajstić information content (AvgIpc) is 2.24. The SMILES string of the molecule is CCCN=C(NCC)NCCS(=O)(=O)C(C)(C)C.I. The van der Waals surface area contributed by atoms with Crippen molar-refractivity contribution < 1.29 is 8.42 Å². The molecule has 0 aromatic heterocycles. The zero-order valence-electron chi connectivity index (χ0n) is 12.6. The zero-order valence-corrected chi connectivity index (χ0v) is 15.8. The first-order valence-corrected chi connectivity index (χ1v) is 8.14. The number of hydrogen-bond donors (Lipinski definition) is 2. The van der Waals surface area contributed by atoms with Crippen molar-refractivity contribution >= 4 is 39.8 Å². The zero-order chi connectivity index (χ0) is 14.2. The van der Waals surface area contributed by atoms with Gasteiger partial charge in [-0.2, -0.15) is 0 Å². The molecule has 0 aliphatic rings. The highest BCUT2D eigenvalue weighted by Gasteiger charge is 2.28. The maximum atomic E-state index is 11.9. The second-order valence-corrected chi connectivity index (χ2v) is 7.98. The number of nitrogens with one attached hydrogen (secondary N) is 2. The molecule has 0 aliphatic carbocycles. The van der Waals surface area contributed by atoms with E-state index in [9.17, 15) is 8.42 Å². The Kier molecular flexibility index (Phi) is 11.0. The first-order valence-electron chi connectivity index (χ1n) is 6.49. The molecule has 0 bridgehead atoms. The molecule has 0 saturated carbocycles. The third-order valence-electron chi connectivity index (χ3n) is 2.43. The van der Waals surface area contributed by atoms with Gasteiger partial charge in [0.1, 0.15) is 0 Å². The van der Waals surface area contributed by atoms with E-state index in [1.165, 1.54) is 0 Å². The van der Waals surface area contributed by atoms with Crippen molar-refractivity contribution in [2.75, 3.05) is 25.4 Å². The van der Waals surface area contributed by atoms with Crippen molar-refractivity contribution in [3.05, 3.63) is 0 Å². The molecule has 2 N–H and O–H groups in total. The number of hydrogen-bond acceptors (Lipinski definition) is 3. The molecule has 0 fully saturated rings. The standard InChI is InChI=1S/C12H27N3O2S.HI/c1-6-8-14-11(13-7-2)15-9-10-18(16,17)12(3,4)5;/h6-10H2,1-5H3,(H2,13,14,15);1H. The third-order valence-corrected chi connectivity index (χ3v) is 5.04. The van der Waals surface area contributed by atoms with Crippen LogP contribution in [0.15, 0.2) is 4.99 Å². The predicted octanol–water partition coefficient (Wildman–Crippen LogP) is 1.78. The Morgan fingerprint density at radius 3 is 2.16 bits per heavy atom. The molecule has 0 heterocycles. The molecule has 19 heavy (non-hydrogen) atoms. The van der Waals surface area contributed by atoms with E-state index in [1.807, 2.05) is 6.92 Å². The highest BCUT2D eigenvalue weighted by molar-refractivity contribution is 14.0. The summed E-state index contributed by atoms with van der Waals surface area (Å²) in [5, 5.41) is 6.13. The minimum Gasteiger partial charge on any atom is -0.357 e. The van der Waals surface area contributed by atoms with Crippen molar-refractivity contribution in [2.45, 2.75) is 45.8 Å². The monoisotopic (exact) mass is 405 g/mol. The number of guanidine groups is 1. The highest BCUT2D eigenvalue weighted by atomic mass is 127. The molecule has 0 amide bonds. The highest BCUT2D eigenvalue weighted by Crippen LogP contribution is 2.15. The molecule has 0 radical (unpaired) electrons. The first-order chi connectivity index (χ1) is 8.24. The maximum absolute atomic E-state index is 11.9. The predicted molar refractivity (Wildman–Crippen MR) is 93.2 cm³/mol. The number of sulfone groups is 1. The van der Waals surface area contributed by atoms with Gasteiger partial charge in [0.05, 0.1) is 10.5 Å². The summed E-state index contributed by atoms with van der Waals surface area (Å²) >= 11 is 0. The van der Waals surface area contributed by atoms with Crippen molar-refractivity contribution in [3.8, 4) is 0 Å². The van der Waals surface area contributed by atoms with Gasteiger partial charge in [-0.3, -0.25) is 4.99 Å². The van der Waals surface area contributed by atoms with Crippen molar-refractivity contribution in [3.63, 3.8) is 0 Å². The molecular formula is C12H28IN3O2S. The van der Waals surface area contributed by atoms with Crippen LogP contribution in [-0.2, 0) is 9.84 Å². The Hall–Kier alpha value is -0.0500. The van der Waals surface area contributed by atoms with Crippen molar-refractivity contribution in [1.82, 2.24) is 10.6 Å². The minimum absolute atomic E-state index is 0. The van der Waals surface area contributed by atoms with Crippen LogP contribution >= 0.6 is 24.0 Å². The van der Waals surface area contributed by atoms with Crippen molar-refractivity contribution in [2.24, 2.45) is 4.99 Å². The van der Waals surface area contributed by atoms with E-state index in [1.54, 1.807) is 20.8 Å². The Bertz CT molecular complexity index is 362. The summed E-state index contributed by atoms with van der Waals surface area (Å²) in [7, 11) is -3.07. The van der Waals surface area contributed by atoms with Gasteiger partial charge in [0.2, 0.25) is 0 Å². The Balaban J connectivity index is 0. The van der Waals surface area contributed by atoms with Gasteiger partial charge in [-0.15, -0.1) is 24.0 Å². The summed E-state index contributed by atoms with van der Waals surface area (Å²) in [6, 6.07) is 0. The lowest BCUT2D eigenvalue weighted by atomic mass is 10.3. The van der Waals surface area contributed by atoms with Gasteiger partial charge < -0.3 is 10.6 Å². The molecule has 0 atom stereocenters. The van der Waals surface area contributed by atoms with Gasteiger partial charge in [0.15, 0.2) is 15.8 Å². The van der Waals surface area contributed by atoms with Gasteiger partial charge in [-0.25, -0.2) is 8.42 Å². The van der Waals surface area contributed by atoms with E-state index in [4.69, 9.17) is 0 Å². The van der Waals surface area contributed by atoms with Crippen LogP contribution in [0.1, 0.15) is 41.0 Å². The normalized spacial score (nSPS) is 12.8. The molecule has 0 rings (SSSR count). The molecule has 0 unspecified atom stereocenters. The maximum Gasteiger partial charge on any atom is 0.191 e. The first kappa shape index (κ1) is 21.3. The van der Waals surface area contributed by atoms with E-state index < -0.39 is 14.6 Å². The van der Waals surface area contributed by atoms with Gasteiger partial charge in [0.25, 0.3) is 0 Å². The molecule has 0 aromatic carbocycles. The van der Waals surface area contributed by atoms with Crippen LogP contribution in [0.4, 0.5) is 0 Å². The van der Waals surface area contributed by atoms with Gasteiger partial charge in [-0.1, -0.05) is 6.92 Å². The second kappa shape index (κ2) is 9.79. The fraction of sp³-hybridized carbons (Fsp3) is 0.917. The van der Waals surface area contributed by atoms with E-state index in [2.05, 4.69) is 22.5 Å². The van der Waals surface area contributed by atoms with Crippen LogP contribution in [0, 0.1) is 0 Å². The van der Waals surface area contributed by atoms with Crippen LogP contribution in [0.5, 0.6) is 0 Å². The van der Waals surface area contributed by atoms with Gasteiger partial charge in [0, 0.05) is 19.6 Å². The lowest BCUT2D eigenvalue weighted by molar-refractivity contribution is 0.559. The fourth-order valence-corrected chi connectivity index (χ4v) is 2.16. The van der Waals surface area contributed by atoms with Gasteiger partial charge >= 0.3 is 0 Å². The lowest BCUT2D eigenvalue weighted by Crippen LogP contribution is -2.41. The second-order valence-electron chi connectivity index (χ2n) is 5.12. The lowest BCUT2D eigenvalue weighted by Gasteiger charge is -2.19. The molecule has 0 aromatic rings. The number of aliphatic imine (C=N–C) groups is 1. The van der Waals surface area contributed by atoms with Crippen LogP contribution in [0.3, 0.4) is 0 Å². The minimum atomic E-state index is -3.07. The Morgan fingerprint density at radius 1 is 1.16 bits per heavy atom. The molecule has 0 saturated heterocycles. The molecular weight excluding hydrogens is 377 g/mol. The summed E-state index contributed by atoms with van der Waals surface area (Å²) in [5.74, 6) is 0.802. The average molecular weight is 405 g/mol.